The average Bonchev–Trinajstić information content (AvgIpc) is 2.60. The number of aromatic hydroxyl groups is 1. The highest BCUT2D eigenvalue weighted by molar-refractivity contribution is 5.65. The van der Waals surface area contributed by atoms with Crippen molar-refractivity contribution < 1.29 is 27.1 Å². The fourth-order valence-electron chi connectivity index (χ4n) is 2.52. The van der Waals surface area contributed by atoms with Crippen LogP contribution in [-0.4, -0.2) is 5.11 Å². The normalized spacial score (nSPS) is 10.8. The molecular formula is C19H12F5NO. The molecule has 0 aliphatic carbocycles. The molecule has 7 heteroatoms. The van der Waals surface area contributed by atoms with E-state index in [9.17, 15) is 27.1 Å². The zero-order chi connectivity index (χ0) is 18.8. The van der Waals surface area contributed by atoms with E-state index in [4.69, 9.17) is 0 Å². The Morgan fingerprint density at radius 1 is 0.808 bits per heavy atom. The van der Waals surface area contributed by atoms with Crippen molar-refractivity contribution in [2.75, 3.05) is 5.32 Å². The van der Waals surface area contributed by atoms with Gasteiger partial charge in [0.2, 0.25) is 0 Å². The monoisotopic (exact) mass is 365 g/mol. The van der Waals surface area contributed by atoms with Crippen molar-refractivity contribution in [2.24, 2.45) is 0 Å². The summed E-state index contributed by atoms with van der Waals surface area (Å²) in [6.45, 7) is -0.585. The van der Waals surface area contributed by atoms with Gasteiger partial charge in [-0.2, -0.15) is 0 Å². The quantitative estimate of drug-likeness (QED) is 0.610. The summed E-state index contributed by atoms with van der Waals surface area (Å²) in [5.41, 5.74) is -1.05. The van der Waals surface area contributed by atoms with Gasteiger partial charge in [0.05, 0.1) is 0 Å². The van der Waals surface area contributed by atoms with E-state index in [0.717, 1.165) is 30.3 Å². The third-order valence-electron chi connectivity index (χ3n) is 3.83. The number of nitrogens with one attached hydrogen (secondary N) is 1. The summed E-state index contributed by atoms with van der Waals surface area (Å²) in [6.07, 6.45) is 0. The summed E-state index contributed by atoms with van der Waals surface area (Å²) in [4.78, 5) is 0. The van der Waals surface area contributed by atoms with Crippen LogP contribution in [0.5, 0.6) is 5.75 Å². The van der Waals surface area contributed by atoms with Crippen LogP contribution in [-0.2, 0) is 6.54 Å². The first-order chi connectivity index (χ1) is 12.4. The van der Waals surface area contributed by atoms with Gasteiger partial charge in [-0.3, -0.25) is 0 Å². The van der Waals surface area contributed by atoms with Gasteiger partial charge in [-0.25, -0.2) is 22.0 Å². The Morgan fingerprint density at radius 2 is 1.54 bits per heavy atom. The van der Waals surface area contributed by atoms with Crippen molar-refractivity contribution in [2.45, 2.75) is 6.54 Å². The standard InChI is InChI=1S/C19H12F5NO/c20-11-3-1-2-10(8-11)12-4-5-14(21)13(17(12)23)9-25-19-15(22)6-7-16(26)18(19)24/h1-8,25-26H,9H2. The van der Waals surface area contributed by atoms with E-state index in [1.807, 2.05) is 0 Å². The van der Waals surface area contributed by atoms with Gasteiger partial charge >= 0.3 is 0 Å². The molecule has 2 nitrogen and oxygen atoms in total. The van der Waals surface area contributed by atoms with E-state index >= 15 is 0 Å². The Hall–Kier alpha value is -3.09. The Balaban J connectivity index is 1.96. The summed E-state index contributed by atoms with van der Waals surface area (Å²) in [6, 6.07) is 8.86. The Morgan fingerprint density at radius 3 is 2.27 bits per heavy atom. The smallest absolute Gasteiger partial charge is 0.190 e. The molecule has 3 aromatic carbocycles. The zero-order valence-corrected chi connectivity index (χ0v) is 13.2. The van der Waals surface area contributed by atoms with Gasteiger partial charge in [-0.15, -0.1) is 0 Å². The molecule has 0 saturated heterocycles. The molecule has 0 fully saturated rings. The SMILES string of the molecule is Oc1ccc(F)c(NCc2c(F)ccc(-c3cccc(F)c3)c2F)c1F. The fraction of sp³-hybridized carbons (Fsp3) is 0.0526. The van der Waals surface area contributed by atoms with Crippen LogP contribution in [0.1, 0.15) is 5.56 Å². The maximum absolute atomic E-state index is 14.7. The van der Waals surface area contributed by atoms with Gasteiger partial charge in [0.1, 0.15) is 29.0 Å². The molecule has 0 aliphatic rings. The van der Waals surface area contributed by atoms with E-state index in [1.165, 1.54) is 18.2 Å². The van der Waals surface area contributed by atoms with Gasteiger partial charge in [0.15, 0.2) is 11.6 Å². The highest BCUT2D eigenvalue weighted by atomic mass is 19.1. The van der Waals surface area contributed by atoms with Crippen LogP contribution in [0.4, 0.5) is 27.6 Å². The maximum atomic E-state index is 14.7. The maximum Gasteiger partial charge on any atom is 0.190 e. The van der Waals surface area contributed by atoms with Crippen molar-refractivity contribution in [3.63, 3.8) is 0 Å². The number of benzene rings is 3. The van der Waals surface area contributed by atoms with Crippen LogP contribution in [0, 0.1) is 29.1 Å². The summed E-state index contributed by atoms with van der Waals surface area (Å²) in [5, 5.41) is 11.5. The van der Waals surface area contributed by atoms with E-state index in [1.54, 1.807) is 0 Å². The second-order valence-corrected chi connectivity index (χ2v) is 5.51. The first kappa shape index (κ1) is 17.7. The van der Waals surface area contributed by atoms with Gasteiger partial charge in [0, 0.05) is 17.7 Å². The van der Waals surface area contributed by atoms with Crippen LogP contribution < -0.4 is 5.32 Å². The fourth-order valence-corrected chi connectivity index (χ4v) is 2.52. The minimum absolute atomic E-state index is 0.0560. The minimum Gasteiger partial charge on any atom is -0.505 e. The molecule has 0 bridgehead atoms. The van der Waals surface area contributed by atoms with Crippen molar-refractivity contribution in [1.29, 1.82) is 0 Å². The first-order valence-electron chi connectivity index (χ1n) is 7.52. The Labute approximate surface area is 145 Å². The molecule has 0 saturated carbocycles. The molecule has 3 rings (SSSR count). The predicted octanol–water partition coefficient (Wildman–Crippen LogP) is 5.37. The molecule has 2 N–H and O–H groups in total. The van der Waals surface area contributed by atoms with E-state index in [2.05, 4.69) is 5.32 Å². The van der Waals surface area contributed by atoms with Gasteiger partial charge in [-0.1, -0.05) is 12.1 Å². The topological polar surface area (TPSA) is 32.3 Å². The van der Waals surface area contributed by atoms with E-state index in [-0.39, 0.29) is 11.1 Å². The molecule has 0 spiro atoms. The molecule has 26 heavy (non-hydrogen) atoms. The zero-order valence-electron chi connectivity index (χ0n) is 13.2. The van der Waals surface area contributed by atoms with Gasteiger partial charge in [0.25, 0.3) is 0 Å². The van der Waals surface area contributed by atoms with Crippen LogP contribution in [0.15, 0.2) is 48.5 Å². The number of halogens is 5. The third-order valence-corrected chi connectivity index (χ3v) is 3.83. The lowest BCUT2D eigenvalue weighted by Gasteiger charge is -2.13. The molecule has 0 heterocycles. The molecule has 0 aromatic heterocycles. The number of rotatable bonds is 4. The number of phenols is 1. The largest absolute Gasteiger partial charge is 0.505 e. The average molecular weight is 365 g/mol. The molecular weight excluding hydrogens is 353 g/mol. The molecule has 134 valence electrons. The Kier molecular flexibility index (Phi) is 4.79. The van der Waals surface area contributed by atoms with Crippen molar-refractivity contribution in [3.05, 3.63) is 83.2 Å². The lowest BCUT2D eigenvalue weighted by molar-refractivity contribution is 0.429. The van der Waals surface area contributed by atoms with E-state index < -0.39 is 52.6 Å². The number of anilines is 1. The summed E-state index contributed by atoms with van der Waals surface area (Å²) >= 11 is 0. The van der Waals surface area contributed by atoms with Crippen LogP contribution in [0.2, 0.25) is 0 Å². The number of hydrogen-bond acceptors (Lipinski definition) is 2. The number of hydrogen-bond donors (Lipinski definition) is 2. The molecule has 0 amide bonds. The molecule has 3 aromatic rings. The molecule has 0 unspecified atom stereocenters. The van der Waals surface area contributed by atoms with Gasteiger partial charge in [-0.05, 0) is 42.0 Å². The van der Waals surface area contributed by atoms with E-state index in [0.29, 0.717) is 0 Å². The van der Waals surface area contributed by atoms with Crippen LogP contribution >= 0.6 is 0 Å². The lowest BCUT2D eigenvalue weighted by Crippen LogP contribution is -2.08. The highest BCUT2D eigenvalue weighted by Gasteiger charge is 2.18. The summed E-state index contributed by atoms with van der Waals surface area (Å²) in [5.74, 6) is -5.60. The van der Waals surface area contributed by atoms with Crippen molar-refractivity contribution in [1.82, 2.24) is 0 Å². The third kappa shape index (κ3) is 3.33. The van der Waals surface area contributed by atoms with Crippen LogP contribution in [0.25, 0.3) is 11.1 Å². The summed E-state index contributed by atoms with van der Waals surface area (Å²) in [7, 11) is 0. The lowest BCUT2D eigenvalue weighted by atomic mass is 10.0. The predicted molar refractivity (Wildman–Crippen MR) is 87.1 cm³/mol. The second kappa shape index (κ2) is 7.03. The number of phenolic OH excluding ortho intramolecular Hbond substituents is 1. The Bertz CT molecular complexity index is 974. The summed E-state index contributed by atoms with van der Waals surface area (Å²) < 4.78 is 69.5. The van der Waals surface area contributed by atoms with Crippen molar-refractivity contribution >= 4 is 5.69 Å². The second-order valence-electron chi connectivity index (χ2n) is 5.51. The molecule has 0 aliphatic heterocycles. The first-order valence-corrected chi connectivity index (χ1v) is 7.52. The van der Waals surface area contributed by atoms with Gasteiger partial charge < -0.3 is 10.4 Å². The van der Waals surface area contributed by atoms with Crippen LogP contribution in [0.3, 0.4) is 0 Å². The highest BCUT2D eigenvalue weighted by Crippen LogP contribution is 2.30. The van der Waals surface area contributed by atoms with Crippen molar-refractivity contribution in [3.8, 4) is 16.9 Å². The molecule has 0 atom stereocenters. The minimum atomic E-state index is -1.27. The molecule has 0 radical (unpaired) electrons.